The van der Waals surface area contributed by atoms with E-state index in [4.69, 9.17) is 0 Å². The zero-order chi connectivity index (χ0) is 32.8. The number of amides is 1. The number of hydrogen-bond donors (Lipinski definition) is 1. The number of anilines is 1. The first-order valence-electron chi connectivity index (χ1n) is 13.8. The van der Waals surface area contributed by atoms with Gasteiger partial charge in [0, 0.05) is 5.56 Å². The van der Waals surface area contributed by atoms with E-state index < -0.39 is 39.7 Å². The van der Waals surface area contributed by atoms with E-state index >= 15 is 0 Å². The Morgan fingerprint density at radius 1 is 0.913 bits per heavy atom. The van der Waals surface area contributed by atoms with Gasteiger partial charge in [0.1, 0.15) is 0 Å². The zero-order valence-electron chi connectivity index (χ0n) is 25.4. The van der Waals surface area contributed by atoms with Crippen LogP contribution in [0.3, 0.4) is 0 Å². The van der Waals surface area contributed by atoms with Crippen molar-refractivity contribution in [3.8, 4) is 11.1 Å². The second-order valence-corrected chi connectivity index (χ2v) is 13.0. The van der Waals surface area contributed by atoms with Crippen molar-refractivity contribution in [3.63, 3.8) is 0 Å². The SMILES string of the molecule is CSCCC(NC(=O)c1ccc(CN(c2ccccc2)S(=O)(=O)c2ccc(C(F)(F)F)cc2)cc1-c1ccccc1C)C(=O)[O-].[Li+]. The maximum atomic E-state index is 13.9. The first-order chi connectivity index (χ1) is 21.3. The maximum absolute atomic E-state index is 13.9. The van der Waals surface area contributed by atoms with Crippen LogP contribution >= 0.6 is 11.8 Å². The molecule has 0 aliphatic carbocycles. The molecule has 1 N–H and O–H groups in total. The summed E-state index contributed by atoms with van der Waals surface area (Å²) in [7, 11) is -4.35. The van der Waals surface area contributed by atoms with E-state index in [2.05, 4.69) is 5.32 Å². The van der Waals surface area contributed by atoms with Gasteiger partial charge in [-0.05, 0) is 96.1 Å². The number of aliphatic carboxylic acids is 1. The van der Waals surface area contributed by atoms with Crippen LogP contribution in [0.5, 0.6) is 0 Å². The summed E-state index contributed by atoms with van der Waals surface area (Å²) in [6.07, 6.45) is -2.64. The number of nitrogens with one attached hydrogen (secondary N) is 1. The normalized spacial score (nSPS) is 12.1. The summed E-state index contributed by atoms with van der Waals surface area (Å²) in [5.41, 5.74) is 1.91. The van der Waals surface area contributed by atoms with E-state index in [-0.39, 0.29) is 48.0 Å². The molecular formula is C33H30F3LiN2O5S2. The molecule has 4 aromatic rings. The number of para-hydroxylation sites is 1. The molecule has 0 fully saturated rings. The molecule has 1 unspecified atom stereocenters. The molecule has 13 heteroatoms. The van der Waals surface area contributed by atoms with Crippen molar-refractivity contribution in [3.05, 3.63) is 119 Å². The summed E-state index contributed by atoms with van der Waals surface area (Å²) < 4.78 is 68.3. The molecule has 0 bridgehead atoms. The molecule has 0 heterocycles. The molecule has 4 aromatic carbocycles. The number of rotatable bonds is 12. The molecule has 0 saturated carbocycles. The summed E-state index contributed by atoms with van der Waals surface area (Å²) in [5.74, 6) is -1.54. The largest absolute Gasteiger partial charge is 1.00 e. The van der Waals surface area contributed by atoms with Crippen LogP contribution in [0.1, 0.15) is 33.5 Å². The molecule has 0 aromatic heterocycles. The van der Waals surface area contributed by atoms with Gasteiger partial charge in [-0.25, -0.2) is 8.42 Å². The molecule has 0 aliphatic heterocycles. The third-order valence-electron chi connectivity index (χ3n) is 7.10. The van der Waals surface area contributed by atoms with Crippen LogP contribution in [-0.2, 0) is 27.5 Å². The van der Waals surface area contributed by atoms with Crippen LogP contribution in [0.15, 0.2) is 102 Å². The average molecular weight is 663 g/mol. The van der Waals surface area contributed by atoms with Crippen molar-refractivity contribution in [1.82, 2.24) is 5.32 Å². The Morgan fingerprint density at radius 3 is 2.13 bits per heavy atom. The Morgan fingerprint density at radius 2 is 1.54 bits per heavy atom. The van der Waals surface area contributed by atoms with Crippen molar-refractivity contribution >= 4 is 39.3 Å². The fraction of sp³-hybridized carbons (Fsp3) is 0.212. The number of benzene rings is 4. The Bertz CT molecular complexity index is 1770. The van der Waals surface area contributed by atoms with Crippen molar-refractivity contribution in [1.29, 1.82) is 0 Å². The van der Waals surface area contributed by atoms with Crippen molar-refractivity contribution in [2.45, 2.75) is 37.0 Å². The molecule has 0 spiro atoms. The van der Waals surface area contributed by atoms with Crippen molar-refractivity contribution < 1.29 is 55.1 Å². The summed E-state index contributed by atoms with van der Waals surface area (Å²) >= 11 is 1.43. The van der Waals surface area contributed by atoms with Crippen LogP contribution in [0.4, 0.5) is 18.9 Å². The Balaban J connectivity index is 0.00000576. The van der Waals surface area contributed by atoms with Crippen LogP contribution < -0.4 is 33.6 Å². The predicted octanol–water partition coefficient (Wildman–Crippen LogP) is 2.68. The van der Waals surface area contributed by atoms with E-state index in [1.165, 1.54) is 17.8 Å². The molecule has 236 valence electrons. The fourth-order valence-corrected chi connectivity index (χ4v) is 6.65. The minimum atomic E-state index is -4.63. The standard InChI is InChI=1S/C33H31F3N2O5S2.Li/c1-22-8-6-7-11-27(22)29-20-23(12-17-28(29)31(39)37-30(32(40)41)18-19-44-2)21-38(25-9-4-3-5-10-25)45(42,43)26-15-13-24(14-16-26)33(34,35)36;/h3-17,20,30H,18-19,21H2,1-2H3,(H,37,39)(H,40,41);/q;+1/p-1. The molecule has 0 saturated heterocycles. The topological polar surface area (TPSA) is 107 Å². The Hall–Kier alpha value is -3.69. The monoisotopic (exact) mass is 662 g/mol. The average Bonchev–Trinajstić information content (AvgIpc) is 3.01. The third kappa shape index (κ3) is 8.76. The van der Waals surface area contributed by atoms with Crippen LogP contribution in [0.2, 0.25) is 0 Å². The Labute approximate surface area is 282 Å². The van der Waals surface area contributed by atoms with Gasteiger partial charge in [0.2, 0.25) is 0 Å². The number of thioether (sulfide) groups is 1. The first kappa shape index (κ1) is 36.8. The van der Waals surface area contributed by atoms with Gasteiger partial charge in [-0.3, -0.25) is 9.10 Å². The first-order valence-corrected chi connectivity index (χ1v) is 16.6. The van der Waals surface area contributed by atoms with E-state index in [9.17, 15) is 36.3 Å². The second kappa shape index (κ2) is 15.7. The van der Waals surface area contributed by atoms with E-state index in [0.29, 0.717) is 22.4 Å². The minimum absolute atomic E-state index is 0. The van der Waals surface area contributed by atoms with E-state index in [0.717, 1.165) is 34.1 Å². The molecule has 0 aliphatic rings. The smallest absolute Gasteiger partial charge is 0.548 e. The molecule has 0 radical (unpaired) electrons. The van der Waals surface area contributed by atoms with Gasteiger partial charge in [0.25, 0.3) is 15.9 Å². The number of aryl methyl sites for hydroxylation is 1. The number of sulfonamides is 1. The summed E-state index contributed by atoms with van der Waals surface area (Å²) in [5, 5.41) is 14.3. The van der Waals surface area contributed by atoms with Gasteiger partial charge >= 0.3 is 25.0 Å². The Kier molecular flexibility index (Phi) is 12.6. The number of alkyl halides is 3. The molecule has 46 heavy (non-hydrogen) atoms. The van der Waals surface area contributed by atoms with Crippen LogP contribution in [0.25, 0.3) is 11.1 Å². The van der Waals surface area contributed by atoms with Gasteiger partial charge in [0.05, 0.1) is 34.7 Å². The number of carboxylic acids is 1. The number of carbonyl (C=O) groups excluding carboxylic acids is 2. The fourth-order valence-electron chi connectivity index (χ4n) is 4.72. The molecule has 1 atom stereocenters. The summed E-state index contributed by atoms with van der Waals surface area (Å²) in [6, 6.07) is 22.2. The van der Waals surface area contributed by atoms with Crippen LogP contribution in [-0.4, -0.2) is 38.3 Å². The van der Waals surface area contributed by atoms with Gasteiger partial charge in [0.15, 0.2) is 0 Å². The number of hydrogen-bond acceptors (Lipinski definition) is 6. The number of carbonyl (C=O) groups is 2. The van der Waals surface area contributed by atoms with Crippen LogP contribution in [0, 0.1) is 6.92 Å². The second-order valence-electron chi connectivity index (χ2n) is 10.2. The summed E-state index contributed by atoms with van der Waals surface area (Å²) in [4.78, 5) is 24.8. The summed E-state index contributed by atoms with van der Waals surface area (Å²) in [6.45, 7) is 1.63. The van der Waals surface area contributed by atoms with E-state index in [1.807, 2.05) is 25.3 Å². The van der Waals surface area contributed by atoms with Gasteiger partial charge < -0.3 is 15.2 Å². The molecule has 1 amide bonds. The molecule has 4 rings (SSSR count). The predicted molar refractivity (Wildman–Crippen MR) is 167 cm³/mol. The molecular weight excluding hydrogens is 632 g/mol. The quantitative estimate of drug-likeness (QED) is 0.234. The number of nitrogens with zero attached hydrogens (tertiary/aromatic N) is 1. The third-order valence-corrected chi connectivity index (χ3v) is 9.54. The van der Waals surface area contributed by atoms with Crippen molar-refractivity contribution in [2.24, 2.45) is 0 Å². The minimum Gasteiger partial charge on any atom is -0.548 e. The maximum Gasteiger partial charge on any atom is 1.00 e. The van der Waals surface area contributed by atoms with Gasteiger partial charge in [-0.2, -0.15) is 24.9 Å². The number of carboxylic acid groups (broad SMARTS) is 1. The van der Waals surface area contributed by atoms with Gasteiger partial charge in [-0.15, -0.1) is 0 Å². The van der Waals surface area contributed by atoms with E-state index in [1.54, 1.807) is 54.6 Å². The molecule has 7 nitrogen and oxygen atoms in total. The van der Waals surface area contributed by atoms with Crippen molar-refractivity contribution in [2.75, 3.05) is 16.3 Å². The van der Waals surface area contributed by atoms with Gasteiger partial charge in [-0.1, -0.05) is 48.5 Å². The zero-order valence-corrected chi connectivity index (χ0v) is 27.0. The number of halogens is 3.